The molecule has 0 radical (unpaired) electrons. The summed E-state index contributed by atoms with van der Waals surface area (Å²) in [6.45, 7) is 2.00. The normalized spacial score (nSPS) is 15.8. The Labute approximate surface area is 82.7 Å². The minimum atomic E-state index is 0.454. The molecule has 2 rings (SSSR count). The molecule has 1 aliphatic rings. The largest absolute Gasteiger partial charge is 0.488 e. The Morgan fingerprint density at radius 1 is 1.46 bits per heavy atom. The number of thioether (sulfide) groups is 1. The molecule has 1 aromatic rings. The molecule has 2 nitrogen and oxygen atoms in total. The lowest BCUT2D eigenvalue weighted by molar-refractivity contribution is 0.293. The highest BCUT2D eigenvalue weighted by atomic mass is 32.2. The lowest BCUT2D eigenvalue weighted by Gasteiger charge is -2.08. The molecule has 1 aliphatic carbocycles. The zero-order valence-electron chi connectivity index (χ0n) is 7.91. The van der Waals surface area contributed by atoms with Gasteiger partial charge < -0.3 is 4.74 Å². The average molecular weight is 195 g/mol. The second-order valence-electron chi connectivity index (χ2n) is 3.28. The Bertz CT molecular complexity index is 310. The highest BCUT2D eigenvalue weighted by molar-refractivity contribution is 7.98. The number of rotatable bonds is 3. The molecule has 0 unspecified atom stereocenters. The van der Waals surface area contributed by atoms with Gasteiger partial charge in [-0.3, -0.25) is 0 Å². The summed E-state index contributed by atoms with van der Waals surface area (Å²) in [4.78, 5) is 4.41. The summed E-state index contributed by atoms with van der Waals surface area (Å²) >= 11 is 1.64. The van der Waals surface area contributed by atoms with Crippen molar-refractivity contribution in [2.45, 2.75) is 30.9 Å². The van der Waals surface area contributed by atoms with Crippen LogP contribution in [0.15, 0.2) is 17.2 Å². The lowest BCUT2D eigenvalue weighted by atomic mass is 10.4. The topological polar surface area (TPSA) is 22.1 Å². The molecule has 0 aliphatic heterocycles. The van der Waals surface area contributed by atoms with Crippen LogP contribution in [0.4, 0.5) is 0 Å². The fourth-order valence-electron chi connectivity index (χ4n) is 1.12. The highest BCUT2D eigenvalue weighted by Crippen LogP contribution is 2.32. The van der Waals surface area contributed by atoms with E-state index in [0.29, 0.717) is 6.10 Å². The molecular formula is C10H13NOS. The van der Waals surface area contributed by atoms with Crippen molar-refractivity contribution in [1.29, 1.82) is 0 Å². The number of aromatic nitrogens is 1. The quantitative estimate of drug-likeness (QED) is 0.692. The van der Waals surface area contributed by atoms with Crippen LogP contribution in [0.5, 0.6) is 5.75 Å². The van der Waals surface area contributed by atoms with Crippen LogP contribution >= 0.6 is 11.8 Å². The molecule has 1 fully saturated rings. The number of pyridine rings is 1. The monoisotopic (exact) mass is 195 g/mol. The second-order valence-corrected chi connectivity index (χ2v) is 4.07. The molecule has 0 bridgehead atoms. The summed E-state index contributed by atoms with van der Waals surface area (Å²) in [5.41, 5.74) is 1.05. The van der Waals surface area contributed by atoms with Crippen molar-refractivity contribution in [2.75, 3.05) is 6.26 Å². The van der Waals surface area contributed by atoms with Gasteiger partial charge in [0.15, 0.2) is 5.75 Å². The number of nitrogens with zero attached hydrogens (tertiary/aromatic N) is 1. The highest BCUT2D eigenvalue weighted by Gasteiger charge is 2.24. The fraction of sp³-hybridized carbons (Fsp3) is 0.500. The van der Waals surface area contributed by atoms with Crippen LogP contribution in [-0.2, 0) is 0 Å². The molecule has 70 valence electrons. The number of hydrogen-bond acceptors (Lipinski definition) is 3. The van der Waals surface area contributed by atoms with E-state index in [-0.39, 0.29) is 0 Å². The van der Waals surface area contributed by atoms with Gasteiger partial charge in [0.05, 0.1) is 6.10 Å². The summed E-state index contributed by atoms with van der Waals surface area (Å²) in [6.07, 6.45) is 4.88. The third kappa shape index (κ3) is 2.15. The van der Waals surface area contributed by atoms with Gasteiger partial charge in [0.25, 0.3) is 0 Å². The molecule has 3 heteroatoms. The minimum absolute atomic E-state index is 0.454. The Morgan fingerprint density at radius 2 is 2.23 bits per heavy atom. The average Bonchev–Trinajstić information content (AvgIpc) is 2.92. The molecule has 1 saturated carbocycles. The summed E-state index contributed by atoms with van der Waals surface area (Å²) in [5, 5.41) is 1.01. The minimum Gasteiger partial charge on any atom is -0.488 e. The van der Waals surface area contributed by atoms with Crippen molar-refractivity contribution in [1.82, 2.24) is 4.98 Å². The number of aryl methyl sites for hydroxylation is 1. The van der Waals surface area contributed by atoms with Crippen molar-refractivity contribution < 1.29 is 4.74 Å². The van der Waals surface area contributed by atoms with Gasteiger partial charge in [-0.1, -0.05) is 0 Å². The predicted molar refractivity (Wildman–Crippen MR) is 54.4 cm³/mol. The third-order valence-corrected chi connectivity index (χ3v) is 2.66. The first kappa shape index (κ1) is 8.88. The zero-order valence-corrected chi connectivity index (χ0v) is 8.73. The number of ether oxygens (including phenoxy) is 1. The second kappa shape index (κ2) is 3.58. The summed E-state index contributed by atoms with van der Waals surface area (Å²) in [6, 6.07) is 4.02. The third-order valence-electron chi connectivity index (χ3n) is 1.98. The van der Waals surface area contributed by atoms with Crippen LogP contribution < -0.4 is 4.74 Å². The van der Waals surface area contributed by atoms with E-state index in [1.165, 1.54) is 12.8 Å². The van der Waals surface area contributed by atoms with Gasteiger partial charge in [-0.25, -0.2) is 4.98 Å². The Morgan fingerprint density at radius 3 is 2.85 bits per heavy atom. The first-order valence-electron chi connectivity index (χ1n) is 4.48. The molecule has 1 aromatic heterocycles. The van der Waals surface area contributed by atoms with Gasteiger partial charge in [0.1, 0.15) is 5.03 Å². The molecule has 0 saturated heterocycles. The van der Waals surface area contributed by atoms with E-state index < -0.39 is 0 Å². The summed E-state index contributed by atoms with van der Waals surface area (Å²) in [5.74, 6) is 0.945. The van der Waals surface area contributed by atoms with Crippen molar-refractivity contribution in [2.24, 2.45) is 0 Å². The SMILES string of the molecule is CSc1nc(C)ccc1OC1CC1. The van der Waals surface area contributed by atoms with Crippen molar-refractivity contribution in [3.8, 4) is 5.75 Å². The van der Waals surface area contributed by atoms with Crippen LogP contribution in [0.1, 0.15) is 18.5 Å². The molecule has 0 amide bonds. The maximum atomic E-state index is 5.72. The first-order valence-corrected chi connectivity index (χ1v) is 5.70. The van der Waals surface area contributed by atoms with Gasteiger partial charge in [-0.05, 0) is 38.2 Å². The lowest BCUT2D eigenvalue weighted by Crippen LogP contribution is -1.99. The van der Waals surface area contributed by atoms with Crippen molar-refractivity contribution >= 4 is 11.8 Å². The van der Waals surface area contributed by atoms with E-state index in [4.69, 9.17) is 4.74 Å². The van der Waals surface area contributed by atoms with Crippen molar-refractivity contribution in [3.05, 3.63) is 17.8 Å². The molecular weight excluding hydrogens is 182 g/mol. The van der Waals surface area contributed by atoms with Crippen LogP contribution in [0.3, 0.4) is 0 Å². The van der Waals surface area contributed by atoms with E-state index in [1.807, 2.05) is 25.3 Å². The first-order chi connectivity index (χ1) is 6.29. The van der Waals surface area contributed by atoms with E-state index in [2.05, 4.69) is 4.98 Å². The fourth-order valence-corrected chi connectivity index (χ4v) is 1.67. The maximum absolute atomic E-state index is 5.72. The van der Waals surface area contributed by atoms with E-state index in [1.54, 1.807) is 11.8 Å². The Kier molecular flexibility index (Phi) is 2.44. The molecule has 0 N–H and O–H groups in total. The predicted octanol–water partition coefficient (Wildman–Crippen LogP) is 2.65. The van der Waals surface area contributed by atoms with E-state index in [0.717, 1.165) is 16.5 Å². The molecule has 1 heterocycles. The van der Waals surface area contributed by atoms with Gasteiger partial charge >= 0.3 is 0 Å². The molecule has 13 heavy (non-hydrogen) atoms. The van der Waals surface area contributed by atoms with Crippen LogP contribution in [0.25, 0.3) is 0 Å². The van der Waals surface area contributed by atoms with Crippen LogP contribution in [0.2, 0.25) is 0 Å². The van der Waals surface area contributed by atoms with Crippen LogP contribution in [0, 0.1) is 6.92 Å². The van der Waals surface area contributed by atoms with Gasteiger partial charge in [-0.2, -0.15) is 0 Å². The standard InChI is InChI=1S/C10H13NOS/c1-7-3-6-9(10(11-7)13-2)12-8-4-5-8/h3,6,8H,4-5H2,1-2H3. The van der Waals surface area contributed by atoms with E-state index in [9.17, 15) is 0 Å². The molecule has 0 atom stereocenters. The summed E-state index contributed by atoms with van der Waals surface area (Å²) < 4.78 is 5.72. The molecule has 0 spiro atoms. The summed E-state index contributed by atoms with van der Waals surface area (Å²) in [7, 11) is 0. The molecule has 0 aromatic carbocycles. The van der Waals surface area contributed by atoms with Gasteiger partial charge in [0, 0.05) is 5.69 Å². The Hall–Kier alpha value is -0.700. The smallest absolute Gasteiger partial charge is 0.151 e. The zero-order chi connectivity index (χ0) is 9.26. The van der Waals surface area contributed by atoms with Gasteiger partial charge in [-0.15, -0.1) is 11.8 Å². The van der Waals surface area contributed by atoms with Crippen LogP contribution in [-0.4, -0.2) is 17.3 Å². The van der Waals surface area contributed by atoms with Crippen molar-refractivity contribution in [3.63, 3.8) is 0 Å². The van der Waals surface area contributed by atoms with Gasteiger partial charge in [0.2, 0.25) is 0 Å². The Balaban J connectivity index is 2.21. The van der Waals surface area contributed by atoms with E-state index >= 15 is 0 Å². The number of hydrogen-bond donors (Lipinski definition) is 0. The maximum Gasteiger partial charge on any atom is 0.151 e.